The Balaban J connectivity index is 2.23. The molecular weight excluding hydrogens is 178 g/mol. The van der Waals surface area contributed by atoms with Gasteiger partial charge in [0.1, 0.15) is 0 Å². The minimum Gasteiger partial charge on any atom is -0.398 e. The van der Waals surface area contributed by atoms with E-state index in [1.165, 1.54) is 5.56 Å². The highest BCUT2D eigenvalue weighted by Crippen LogP contribution is 2.26. The zero-order chi connectivity index (χ0) is 9.97. The summed E-state index contributed by atoms with van der Waals surface area (Å²) in [6.45, 7) is 3.42. The molecule has 14 heavy (non-hydrogen) atoms. The Morgan fingerprint density at radius 2 is 2.07 bits per heavy atom. The number of hydrogen-bond donors (Lipinski definition) is 1. The van der Waals surface area contributed by atoms with Crippen molar-refractivity contribution in [3.8, 4) is 0 Å². The van der Waals surface area contributed by atoms with Crippen molar-refractivity contribution in [1.82, 2.24) is 0 Å². The Kier molecular flexibility index (Phi) is 2.70. The van der Waals surface area contributed by atoms with Crippen LogP contribution in [-0.4, -0.2) is 13.2 Å². The topological polar surface area (TPSA) is 44.5 Å². The van der Waals surface area contributed by atoms with Gasteiger partial charge in [-0.05, 0) is 18.1 Å². The van der Waals surface area contributed by atoms with Gasteiger partial charge in [-0.15, -0.1) is 0 Å². The number of hydrogen-bond acceptors (Lipinski definition) is 3. The number of benzene rings is 1. The second-order valence-corrected chi connectivity index (χ2v) is 3.39. The first-order chi connectivity index (χ1) is 6.81. The normalized spacial score (nSPS) is 17.5. The molecule has 0 bridgehead atoms. The summed E-state index contributed by atoms with van der Waals surface area (Å²) in [6, 6.07) is 6.00. The van der Waals surface area contributed by atoms with Gasteiger partial charge in [0.25, 0.3) is 0 Å². The van der Waals surface area contributed by atoms with Crippen molar-refractivity contribution in [2.75, 3.05) is 18.9 Å². The monoisotopic (exact) mass is 193 g/mol. The zero-order valence-corrected chi connectivity index (χ0v) is 8.32. The lowest BCUT2D eigenvalue weighted by Gasteiger charge is -2.11. The lowest BCUT2D eigenvalue weighted by atomic mass is 10.1. The van der Waals surface area contributed by atoms with Gasteiger partial charge in [0, 0.05) is 11.3 Å². The van der Waals surface area contributed by atoms with Gasteiger partial charge in [0.15, 0.2) is 6.29 Å². The van der Waals surface area contributed by atoms with E-state index in [1.54, 1.807) is 0 Å². The highest BCUT2D eigenvalue weighted by atomic mass is 16.7. The molecule has 1 aliphatic rings. The van der Waals surface area contributed by atoms with Crippen molar-refractivity contribution in [1.29, 1.82) is 0 Å². The SMILES string of the molecule is CCc1ccc(C2OCCO2)cc1N. The summed E-state index contributed by atoms with van der Waals surface area (Å²) in [6.07, 6.45) is 0.738. The lowest BCUT2D eigenvalue weighted by Crippen LogP contribution is -2.01. The van der Waals surface area contributed by atoms with Crippen LogP contribution in [0.15, 0.2) is 18.2 Å². The maximum atomic E-state index is 5.89. The first-order valence-corrected chi connectivity index (χ1v) is 4.92. The maximum absolute atomic E-state index is 5.89. The summed E-state index contributed by atoms with van der Waals surface area (Å²) < 4.78 is 10.8. The summed E-state index contributed by atoms with van der Waals surface area (Å²) in [7, 11) is 0. The number of aryl methyl sites for hydroxylation is 1. The Labute approximate surface area is 83.8 Å². The highest BCUT2D eigenvalue weighted by molar-refractivity contribution is 5.49. The molecule has 1 aliphatic heterocycles. The fourth-order valence-corrected chi connectivity index (χ4v) is 1.63. The standard InChI is InChI=1S/C11H15NO2/c1-2-8-3-4-9(7-10(8)12)11-13-5-6-14-11/h3-4,7,11H,2,5-6,12H2,1H3. The number of nitrogen functional groups attached to an aromatic ring is 1. The third-order valence-electron chi connectivity index (χ3n) is 2.44. The van der Waals surface area contributed by atoms with Crippen molar-refractivity contribution >= 4 is 5.69 Å². The molecule has 1 fully saturated rings. The number of nitrogens with two attached hydrogens (primary N) is 1. The Bertz CT molecular complexity index is 319. The van der Waals surface area contributed by atoms with Crippen LogP contribution in [0.3, 0.4) is 0 Å². The first kappa shape index (κ1) is 9.49. The number of ether oxygens (including phenoxy) is 2. The zero-order valence-electron chi connectivity index (χ0n) is 8.32. The van der Waals surface area contributed by atoms with E-state index in [2.05, 4.69) is 6.92 Å². The minimum atomic E-state index is -0.219. The first-order valence-electron chi connectivity index (χ1n) is 4.92. The average Bonchev–Trinajstić information content (AvgIpc) is 2.70. The molecule has 1 heterocycles. The van der Waals surface area contributed by atoms with Crippen LogP contribution in [0.4, 0.5) is 5.69 Å². The predicted octanol–water partition coefficient (Wildman–Crippen LogP) is 1.88. The summed E-state index contributed by atoms with van der Waals surface area (Å²) in [4.78, 5) is 0. The van der Waals surface area contributed by atoms with Crippen LogP contribution in [0, 0.1) is 0 Å². The van der Waals surface area contributed by atoms with Gasteiger partial charge in [0.05, 0.1) is 13.2 Å². The molecule has 2 N–H and O–H groups in total. The molecule has 0 saturated carbocycles. The maximum Gasteiger partial charge on any atom is 0.184 e. The summed E-state index contributed by atoms with van der Waals surface area (Å²) in [5, 5.41) is 0. The molecule has 0 amide bonds. The van der Waals surface area contributed by atoms with Crippen LogP contribution in [-0.2, 0) is 15.9 Å². The molecule has 1 aromatic carbocycles. The van der Waals surface area contributed by atoms with Crippen molar-refractivity contribution in [3.05, 3.63) is 29.3 Å². The van der Waals surface area contributed by atoms with Crippen LogP contribution < -0.4 is 5.73 Å². The van der Waals surface area contributed by atoms with Crippen LogP contribution in [0.25, 0.3) is 0 Å². The molecule has 0 aliphatic carbocycles. The smallest absolute Gasteiger partial charge is 0.184 e. The number of anilines is 1. The Morgan fingerprint density at radius 1 is 1.36 bits per heavy atom. The molecule has 0 unspecified atom stereocenters. The van der Waals surface area contributed by atoms with E-state index in [0.717, 1.165) is 17.7 Å². The van der Waals surface area contributed by atoms with E-state index in [1.807, 2.05) is 18.2 Å². The van der Waals surface area contributed by atoms with Crippen LogP contribution in [0.2, 0.25) is 0 Å². The van der Waals surface area contributed by atoms with Gasteiger partial charge in [-0.25, -0.2) is 0 Å². The second kappa shape index (κ2) is 3.98. The molecule has 3 nitrogen and oxygen atoms in total. The van der Waals surface area contributed by atoms with Crippen molar-refractivity contribution in [2.45, 2.75) is 19.6 Å². The molecule has 3 heteroatoms. The van der Waals surface area contributed by atoms with E-state index < -0.39 is 0 Å². The summed E-state index contributed by atoms with van der Waals surface area (Å²) in [5.41, 5.74) is 8.90. The van der Waals surface area contributed by atoms with E-state index in [0.29, 0.717) is 13.2 Å². The molecule has 2 rings (SSSR count). The Hall–Kier alpha value is -1.06. The Morgan fingerprint density at radius 3 is 2.64 bits per heavy atom. The van der Waals surface area contributed by atoms with E-state index >= 15 is 0 Å². The van der Waals surface area contributed by atoms with Gasteiger partial charge < -0.3 is 15.2 Å². The van der Waals surface area contributed by atoms with Gasteiger partial charge in [-0.3, -0.25) is 0 Å². The van der Waals surface area contributed by atoms with Crippen LogP contribution in [0.5, 0.6) is 0 Å². The molecule has 1 aromatic rings. The highest BCUT2D eigenvalue weighted by Gasteiger charge is 2.18. The van der Waals surface area contributed by atoms with Gasteiger partial charge in [-0.2, -0.15) is 0 Å². The van der Waals surface area contributed by atoms with Gasteiger partial charge in [0.2, 0.25) is 0 Å². The summed E-state index contributed by atoms with van der Waals surface area (Å²) >= 11 is 0. The average molecular weight is 193 g/mol. The predicted molar refractivity (Wildman–Crippen MR) is 54.9 cm³/mol. The van der Waals surface area contributed by atoms with Gasteiger partial charge in [-0.1, -0.05) is 19.1 Å². The molecule has 0 atom stereocenters. The minimum absolute atomic E-state index is 0.219. The van der Waals surface area contributed by atoms with E-state index in [4.69, 9.17) is 15.2 Å². The second-order valence-electron chi connectivity index (χ2n) is 3.39. The van der Waals surface area contributed by atoms with Crippen molar-refractivity contribution < 1.29 is 9.47 Å². The molecular formula is C11H15NO2. The third kappa shape index (κ3) is 1.74. The molecule has 76 valence electrons. The van der Waals surface area contributed by atoms with Crippen molar-refractivity contribution in [3.63, 3.8) is 0 Å². The summed E-state index contributed by atoms with van der Waals surface area (Å²) in [5.74, 6) is 0. The lowest BCUT2D eigenvalue weighted by molar-refractivity contribution is -0.0440. The molecule has 0 spiro atoms. The molecule has 0 aromatic heterocycles. The third-order valence-corrected chi connectivity index (χ3v) is 2.44. The van der Waals surface area contributed by atoms with E-state index in [9.17, 15) is 0 Å². The van der Waals surface area contributed by atoms with Crippen LogP contribution in [0.1, 0.15) is 24.3 Å². The fraction of sp³-hybridized carbons (Fsp3) is 0.455. The van der Waals surface area contributed by atoms with Crippen LogP contribution >= 0.6 is 0 Å². The molecule has 0 radical (unpaired) electrons. The van der Waals surface area contributed by atoms with Crippen molar-refractivity contribution in [2.24, 2.45) is 0 Å². The van der Waals surface area contributed by atoms with E-state index in [-0.39, 0.29) is 6.29 Å². The number of rotatable bonds is 2. The van der Waals surface area contributed by atoms with Gasteiger partial charge >= 0.3 is 0 Å². The fourth-order valence-electron chi connectivity index (χ4n) is 1.63. The quantitative estimate of drug-likeness (QED) is 0.729. The largest absolute Gasteiger partial charge is 0.398 e. The molecule has 1 saturated heterocycles.